The number of likely N-dealkylation sites (tertiary alicyclic amines) is 1. The number of aromatic amines is 1. The highest BCUT2D eigenvalue weighted by Crippen LogP contribution is 2.41. The van der Waals surface area contributed by atoms with Gasteiger partial charge in [0.05, 0.1) is 17.2 Å². The summed E-state index contributed by atoms with van der Waals surface area (Å²) in [4.78, 5) is 102. The molecule has 3 aliphatic carbocycles. The number of carbonyl (C=O) groups excluding carboxylic acids is 7. The molecule has 14 heteroatoms. The van der Waals surface area contributed by atoms with Crippen molar-refractivity contribution in [3.05, 3.63) is 58.4 Å². The molecule has 1 unspecified atom stereocenters. The van der Waals surface area contributed by atoms with E-state index < -0.39 is 70.7 Å². The van der Waals surface area contributed by atoms with Crippen LogP contribution in [0.5, 0.6) is 0 Å². The molecule has 0 bridgehead atoms. The quantitative estimate of drug-likeness (QED) is 0.123. The monoisotopic (exact) mass is 823 g/mol. The van der Waals surface area contributed by atoms with Gasteiger partial charge in [-0.1, -0.05) is 96.6 Å². The highest BCUT2D eigenvalue weighted by Gasteiger charge is 2.51. The van der Waals surface area contributed by atoms with E-state index in [-0.39, 0.29) is 47.2 Å². The molecule has 1 saturated heterocycles. The molecule has 5 N–H and O–H groups in total. The molecule has 60 heavy (non-hydrogen) atoms. The Morgan fingerprint density at radius 2 is 1.55 bits per heavy atom. The van der Waals surface area contributed by atoms with E-state index in [1.54, 1.807) is 42.2 Å². The van der Waals surface area contributed by atoms with Gasteiger partial charge in [-0.2, -0.15) is 5.26 Å². The van der Waals surface area contributed by atoms with E-state index >= 15 is 4.79 Å². The van der Waals surface area contributed by atoms with Gasteiger partial charge in [-0.05, 0) is 75.5 Å². The molecule has 1 aliphatic heterocycles. The number of aromatic nitrogens is 1. The van der Waals surface area contributed by atoms with Crippen molar-refractivity contribution in [2.75, 3.05) is 0 Å². The van der Waals surface area contributed by atoms with Crippen LogP contribution in [-0.2, 0) is 24.0 Å². The number of rotatable bonds is 15. The zero-order valence-electron chi connectivity index (χ0n) is 35.7. The van der Waals surface area contributed by atoms with Gasteiger partial charge in [-0.3, -0.25) is 33.6 Å². The maximum atomic E-state index is 15.1. The van der Waals surface area contributed by atoms with E-state index in [0.717, 1.165) is 51.4 Å². The number of H-pyrrole nitrogens is 1. The van der Waals surface area contributed by atoms with E-state index in [1.807, 2.05) is 33.8 Å². The molecule has 322 valence electrons. The Hall–Kier alpha value is -5.32. The highest BCUT2D eigenvalue weighted by atomic mass is 16.2. The summed E-state index contributed by atoms with van der Waals surface area (Å²) < 4.78 is 0. The van der Waals surface area contributed by atoms with E-state index in [1.165, 1.54) is 0 Å². The van der Waals surface area contributed by atoms with Crippen LogP contribution in [0.25, 0.3) is 0 Å². The fraction of sp³-hybridized carbons (Fsp3) is 0.609. The zero-order valence-corrected chi connectivity index (χ0v) is 35.7. The Morgan fingerprint density at radius 3 is 2.18 bits per heavy atom. The third-order valence-corrected chi connectivity index (χ3v) is 12.9. The van der Waals surface area contributed by atoms with Crippen molar-refractivity contribution in [3.63, 3.8) is 0 Å². The number of nitrogens with one attached hydrogen (secondary N) is 5. The van der Waals surface area contributed by atoms with Crippen LogP contribution in [0.4, 0.5) is 0 Å². The minimum Gasteiger partial charge on any atom is -0.353 e. The molecule has 4 fully saturated rings. The van der Waals surface area contributed by atoms with Gasteiger partial charge in [-0.15, -0.1) is 0 Å². The fourth-order valence-electron chi connectivity index (χ4n) is 9.51. The average Bonchev–Trinajstić information content (AvgIpc) is 3.86. The summed E-state index contributed by atoms with van der Waals surface area (Å²) in [5, 5.41) is 21.8. The second-order valence-electron chi connectivity index (χ2n) is 18.4. The molecule has 0 radical (unpaired) electrons. The molecular formula is C46H61N7O7. The molecule has 0 spiro atoms. The van der Waals surface area contributed by atoms with Crippen molar-refractivity contribution in [1.29, 1.82) is 5.26 Å². The van der Waals surface area contributed by atoms with Gasteiger partial charge in [0.2, 0.25) is 23.5 Å². The minimum atomic E-state index is -1.10. The summed E-state index contributed by atoms with van der Waals surface area (Å²) in [6.45, 7) is 9.02. The van der Waals surface area contributed by atoms with Gasteiger partial charge < -0.3 is 31.2 Å². The molecule has 2 aromatic rings. The molecule has 2 heterocycles. The van der Waals surface area contributed by atoms with Crippen molar-refractivity contribution >= 4 is 41.1 Å². The second-order valence-corrected chi connectivity index (χ2v) is 18.4. The molecule has 1 aromatic heterocycles. The molecule has 5 amide bonds. The largest absolute Gasteiger partial charge is 0.353 e. The number of Topliss-reactive ketones (excluding diaryl/α,β-unsaturated/α-hetero) is 1. The van der Waals surface area contributed by atoms with Gasteiger partial charge in [0.15, 0.2) is 5.78 Å². The fourth-order valence-corrected chi connectivity index (χ4v) is 9.51. The first-order valence-electron chi connectivity index (χ1n) is 21.9. The summed E-state index contributed by atoms with van der Waals surface area (Å²) in [5.74, 6) is -4.20. The van der Waals surface area contributed by atoms with Gasteiger partial charge in [0.25, 0.3) is 11.8 Å². The van der Waals surface area contributed by atoms with E-state index in [0.29, 0.717) is 43.4 Å². The number of ketones is 2. The van der Waals surface area contributed by atoms with E-state index in [2.05, 4.69) is 26.3 Å². The molecule has 14 nitrogen and oxygen atoms in total. The first kappa shape index (κ1) is 44.2. The van der Waals surface area contributed by atoms with Crippen molar-refractivity contribution in [3.8, 4) is 6.07 Å². The van der Waals surface area contributed by atoms with Crippen LogP contribution in [0.1, 0.15) is 155 Å². The Morgan fingerprint density at radius 1 is 0.883 bits per heavy atom. The van der Waals surface area contributed by atoms with Crippen molar-refractivity contribution in [1.82, 2.24) is 31.2 Å². The number of nitriles is 1. The van der Waals surface area contributed by atoms with Crippen LogP contribution < -0.4 is 21.3 Å². The first-order chi connectivity index (χ1) is 28.6. The van der Waals surface area contributed by atoms with Gasteiger partial charge in [0, 0.05) is 23.3 Å². The Labute approximate surface area is 352 Å². The summed E-state index contributed by atoms with van der Waals surface area (Å²) in [6.07, 6.45) is 10.2. The number of hydrogen-bond acceptors (Lipinski definition) is 8. The van der Waals surface area contributed by atoms with Crippen LogP contribution in [0.15, 0.2) is 30.3 Å². The maximum Gasteiger partial charge on any atom is 0.289 e. The third-order valence-electron chi connectivity index (χ3n) is 12.9. The van der Waals surface area contributed by atoms with Crippen LogP contribution in [0.2, 0.25) is 0 Å². The standard InChI is InChI=1S/C46H61N7O7/c1-6-15-32(39(55)44(59)49-30-22-23-30)50-41(56)34-24-29-20-13-14-21-33(29)53(34)45(60)40(46(3,4)5)52-42(57)36(27-16-9-7-10-17-27)51-43(58)37-31(25-47)35(26(2)48-37)38(54)28-18-11-8-12-19-28/h8,11-12,18-19,27,29-30,32-34,36,40,48H,6-7,9-10,13-17,20-24H2,1-5H3,(H,49,59)(H,50,56)(H,51,58)(H,52,57)/t29-,32-,33-,34-,36?,40+/m0/s1. The highest BCUT2D eigenvalue weighted by molar-refractivity contribution is 6.38. The molecule has 3 saturated carbocycles. The molecule has 4 aliphatic rings. The number of carbonyl (C=O) groups is 7. The Balaban J connectivity index is 1.26. The predicted octanol–water partition coefficient (Wildman–Crippen LogP) is 4.93. The van der Waals surface area contributed by atoms with Crippen LogP contribution in [0, 0.1) is 35.5 Å². The van der Waals surface area contributed by atoms with Crippen molar-refractivity contribution in [2.24, 2.45) is 17.3 Å². The lowest BCUT2D eigenvalue weighted by atomic mass is 9.81. The lowest BCUT2D eigenvalue weighted by molar-refractivity contribution is -0.147. The predicted molar refractivity (Wildman–Crippen MR) is 223 cm³/mol. The Kier molecular flexibility index (Phi) is 14.0. The van der Waals surface area contributed by atoms with Gasteiger partial charge in [0.1, 0.15) is 29.9 Å². The number of nitrogens with zero attached hydrogens (tertiary/aromatic N) is 2. The average molecular weight is 824 g/mol. The lowest BCUT2D eigenvalue weighted by Crippen LogP contribution is -2.63. The number of benzene rings is 1. The SMILES string of the molecule is CCC[C@H](NC(=O)[C@@H]1C[C@@H]2CCCC[C@@H]2N1C(=O)[C@@H](NC(=O)C(NC(=O)c1[nH]c(C)c(C(=O)c2ccccc2)c1C#N)C1CCCCC1)C(C)(C)C)C(=O)C(=O)NC1CC1. The Bertz CT molecular complexity index is 2000. The van der Waals surface area contributed by atoms with Gasteiger partial charge >= 0.3 is 0 Å². The van der Waals surface area contributed by atoms with Crippen LogP contribution in [-0.4, -0.2) is 87.2 Å². The van der Waals surface area contributed by atoms with Crippen molar-refractivity contribution < 1.29 is 33.6 Å². The number of aryl methyl sites for hydroxylation is 1. The molecule has 6 rings (SSSR count). The third kappa shape index (κ3) is 9.82. The summed E-state index contributed by atoms with van der Waals surface area (Å²) in [6, 6.07) is 6.15. The first-order valence-corrected chi connectivity index (χ1v) is 21.9. The summed E-state index contributed by atoms with van der Waals surface area (Å²) in [5.41, 5.74) is -0.270. The normalized spacial score (nSPS) is 22.0. The van der Waals surface area contributed by atoms with Gasteiger partial charge in [-0.25, -0.2) is 0 Å². The number of amides is 5. The smallest absolute Gasteiger partial charge is 0.289 e. The maximum absolute atomic E-state index is 15.1. The summed E-state index contributed by atoms with van der Waals surface area (Å²) >= 11 is 0. The minimum absolute atomic E-state index is 0.0165. The van der Waals surface area contributed by atoms with Crippen LogP contribution >= 0.6 is 0 Å². The van der Waals surface area contributed by atoms with E-state index in [9.17, 15) is 34.0 Å². The van der Waals surface area contributed by atoms with Crippen LogP contribution in [0.3, 0.4) is 0 Å². The lowest BCUT2D eigenvalue weighted by Gasteiger charge is -2.40. The topological polar surface area (TPSA) is 210 Å². The number of hydrogen-bond donors (Lipinski definition) is 5. The summed E-state index contributed by atoms with van der Waals surface area (Å²) in [7, 11) is 0. The molecule has 1 aromatic carbocycles. The number of fused-ring (bicyclic) bond motifs is 1. The zero-order chi connectivity index (χ0) is 43.3. The molecule has 6 atom stereocenters. The second kappa shape index (κ2) is 18.9. The molecular weight excluding hydrogens is 763 g/mol. The van der Waals surface area contributed by atoms with E-state index in [4.69, 9.17) is 0 Å². The van der Waals surface area contributed by atoms with Crippen molar-refractivity contribution in [2.45, 2.75) is 161 Å².